The van der Waals surface area contributed by atoms with Crippen LogP contribution in [0.5, 0.6) is 0 Å². The van der Waals surface area contributed by atoms with Crippen LogP contribution < -0.4 is 10.9 Å². The van der Waals surface area contributed by atoms with E-state index in [2.05, 4.69) is 10.3 Å². The first-order valence-corrected chi connectivity index (χ1v) is 12.0. The molecule has 0 fully saturated rings. The lowest BCUT2D eigenvalue weighted by molar-refractivity contribution is -0.119. The Hall–Kier alpha value is -2.61. The Labute approximate surface area is 193 Å². The fraction of sp³-hybridized carbons (Fsp3) is 0.174. The number of nitrogens with zero attached hydrogens (tertiary/aromatic N) is 2. The minimum absolute atomic E-state index is 0.0667. The summed E-state index contributed by atoms with van der Waals surface area (Å²) in [7, 11) is 0. The third kappa shape index (κ3) is 5.01. The summed E-state index contributed by atoms with van der Waals surface area (Å²) in [5.41, 5.74) is 1.28. The summed E-state index contributed by atoms with van der Waals surface area (Å²) < 4.78 is 1.59. The molecule has 8 heteroatoms. The third-order valence-electron chi connectivity index (χ3n) is 4.79. The summed E-state index contributed by atoms with van der Waals surface area (Å²) >= 11 is 9.18. The van der Waals surface area contributed by atoms with Gasteiger partial charge in [0.15, 0.2) is 5.16 Å². The van der Waals surface area contributed by atoms with Gasteiger partial charge in [-0.3, -0.25) is 14.2 Å². The zero-order valence-electron chi connectivity index (χ0n) is 16.7. The molecule has 0 aliphatic rings. The number of para-hydroxylation sites is 1. The average molecular weight is 470 g/mol. The first kappa shape index (κ1) is 21.6. The maximum atomic E-state index is 13.2. The number of halogens is 1. The molecule has 5 nitrogen and oxygen atoms in total. The normalized spacial score (nSPS) is 12.1. The monoisotopic (exact) mass is 469 g/mol. The molecule has 2 aromatic carbocycles. The van der Waals surface area contributed by atoms with Gasteiger partial charge in [-0.25, -0.2) is 4.98 Å². The highest BCUT2D eigenvalue weighted by atomic mass is 35.5. The summed E-state index contributed by atoms with van der Waals surface area (Å²) in [6, 6.07) is 18.5. The summed E-state index contributed by atoms with van der Waals surface area (Å²) in [6.07, 6.45) is 0. The predicted molar refractivity (Wildman–Crippen MR) is 128 cm³/mol. The second kappa shape index (κ2) is 9.68. The molecule has 0 spiro atoms. The van der Waals surface area contributed by atoms with Crippen LogP contribution in [0, 0.1) is 0 Å². The van der Waals surface area contributed by atoms with Gasteiger partial charge in [0.1, 0.15) is 0 Å². The van der Waals surface area contributed by atoms with Crippen molar-refractivity contribution in [1.82, 2.24) is 14.9 Å². The van der Waals surface area contributed by atoms with Crippen molar-refractivity contribution >= 4 is 51.5 Å². The first-order valence-electron chi connectivity index (χ1n) is 9.71. The maximum Gasteiger partial charge on any atom is 0.262 e. The summed E-state index contributed by atoms with van der Waals surface area (Å²) in [6.45, 7) is 2.24. The van der Waals surface area contributed by atoms with E-state index in [0.29, 0.717) is 21.1 Å². The number of rotatable bonds is 7. The average Bonchev–Trinajstić information content (AvgIpc) is 3.31. The van der Waals surface area contributed by atoms with Gasteiger partial charge < -0.3 is 5.32 Å². The Morgan fingerprint density at radius 1 is 1.16 bits per heavy atom. The largest absolute Gasteiger partial charge is 0.348 e. The number of nitrogens with one attached hydrogen (secondary N) is 1. The molecule has 0 radical (unpaired) electrons. The number of benzene rings is 2. The minimum Gasteiger partial charge on any atom is -0.348 e. The van der Waals surface area contributed by atoms with Crippen molar-refractivity contribution in [3.63, 3.8) is 0 Å². The number of hydrogen-bond acceptors (Lipinski definition) is 5. The molecule has 0 saturated carbocycles. The van der Waals surface area contributed by atoms with Gasteiger partial charge in [-0.2, -0.15) is 0 Å². The van der Waals surface area contributed by atoms with Crippen LogP contribution in [0.15, 0.2) is 76.0 Å². The Kier molecular flexibility index (Phi) is 6.75. The first-order chi connectivity index (χ1) is 15.0. The highest BCUT2D eigenvalue weighted by Crippen LogP contribution is 2.23. The van der Waals surface area contributed by atoms with E-state index >= 15 is 0 Å². The van der Waals surface area contributed by atoms with E-state index in [1.165, 1.54) is 11.8 Å². The molecule has 158 valence electrons. The van der Waals surface area contributed by atoms with E-state index < -0.39 is 0 Å². The Morgan fingerprint density at radius 2 is 1.94 bits per heavy atom. The lowest BCUT2D eigenvalue weighted by Gasteiger charge is -2.15. The number of amides is 1. The van der Waals surface area contributed by atoms with Gasteiger partial charge in [0.2, 0.25) is 5.91 Å². The number of carbonyl (C=O) groups excluding carboxylic acids is 1. The molecule has 1 N–H and O–H groups in total. The highest BCUT2D eigenvalue weighted by Gasteiger charge is 2.16. The zero-order valence-corrected chi connectivity index (χ0v) is 19.1. The SMILES string of the molecule is CC(NC(=O)CSc1nc2ccccc2c(=O)n1Cc1ccccc1Cl)c1cccs1. The van der Waals surface area contributed by atoms with Crippen molar-refractivity contribution in [1.29, 1.82) is 0 Å². The highest BCUT2D eigenvalue weighted by molar-refractivity contribution is 7.99. The topological polar surface area (TPSA) is 64.0 Å². The fourth-order valence-electron chi connectivity index (χ4n) is 3.22. The van der Waals surface area contributed by atoms with Crippen molar-refractivity contribution in [2.24, 2.45) is 0 Å². The van der Waals surface area contributed by atoms with E-state index in [0.717, 1.165) is 10.4 Å². The fourth-order valence-corrected chi connectivity index (χ4v) is 4.96. The minimum atomic E-state index is -0.152. The van der Waals surface area contributed by atoms with Crippen LogP contribution in [0.4, 0.5) is 0 Å². The van der Waals surface area contributed by atoms with Crippen LogP contribution in [-0.4, -0.2) is 21.2 Å². The maximum absolute atomic E-state index is 13.2. The number of thiophene rings is 1. The second-order valence-corrected chi connectivity index (χ2v) is 9.32. The van der Waals surface area contributed by atoms with Gasteiger partial charge >= 0.3 is 0 Å². The lowest BCUT2D eigenvalue weighted by atomic mass is 10.2. The van der Waals surface area contributed by atoms with Gasteiger partial charge in [0.25, 0.3) is 5.56 Å². The molecule has 2 aromatic heterocycles. The number of fused-ring (bicyclic) bond motifs is 1. The van der Waals surface area contributed by atoms with Crippen molar-refractivity contribution in [2.75, 3.05) is 5.75 Å². The summed E-state index contributed by atoms with van der Waals surface area (Å²) in [5, 5.41) is 6.59. The van der Waals surface area contributed by atoms with E-state index in [4.69, 9.17) is 11.6 Å². The van der Waals surface area contributed by atoms with Gasteiger partial charge in [-0.15, -0.1) is 11.3 Å². The van der Waals surface area contributed by atoms with Gasteiger partial charge in [0.05, 0.1) is 29.2 Å². The second-order valence-electron chi connectivity index (χ2n) is 6.99. The molecule has 2 heterocycles. The van der Waals surface area contributed by atoms with E-state index in [-0.39, 0.29) is 29.8 Å². The van der Waals surface area contributed by atoms with Gasteiger partial charge in [-0.1, -0.05) is 59.8 Å². The lowest BCUT2D eigenvalue weighted by Crippen LogP contribution is -2.29. The van der Waals surface area contributed by atoms with Gasteiger partial charge in [-0.05, 0) is 42.1 Å². The molecule has 1 amide bonds. The quantitative estimate of drug-likeness (QED) is 0.301. The van der Waals surface area contributed by atoms with Crippen molar-refractivity contribution in [2.45, 2.75) is 24.7 Å². The molecule has 0 saturated heterocycles. The molecule has 31 heavy (non-hydrogen) atoms. The zero-order chi connectivity index (χ0) is 21.8. The predicted octanol–water partition coefficient (Wildman–Crippen LogP) is 5.13. The summed E-state index contributed by atoms with van der Waals surface area (Å²) in [5.74, 6) is 0.0424. The number of hydrogen-bond donors (Lipinski definition) is 1. The van der Waals surface area contributed by atoms with Crippen LogP contribution in [-0.2, 0) is 11.3 Å². The Bertz CT molecular complexity index is 1270. The molecule has 0 aliphatic heterocycles. The van der Waals surface area contributed by atoms with E-state index in [1.807, 2.05) is 54.8 Å². The Morgan fingerprint density at radius 3 is 2.71 bits per heavy atom. The number of carbonyl (C=O) groups is 1. The van der Waals surface area contributed by atoms with Crippen LogP contribution in [0.3, 0.4) is 0 Å². The van der Waals surface area contributed by atoms with Crippen LogP contribution >= 0.6 is 34.7 Å². The molecule has 1 unspecified atom stereocenters. The summed E-state index contributed by atoms with van der Waals surface area (Å²) in [4.78, 5) is 31.5. The molecule has 4 rings (SSSR count). The van der Waals surface area contributed by atoms with E-state index in [1.54, 1.807) is 34.1 Å². The molecule has 0 bridgehead atoms. The van der Waals surface area contributed by atoms with Crippen molar-refractivity contribution < 1.29 is 4.79 Å². The molecule has 0 aliphatic carbocycles. The van der Waals surface area contributed by atoms with Crippen molar-refractivity contribution in [3.8, 4) is 0 Å². The standard InChI is InChI=1S/C23H20ClN3O2S2/c1-15(20-11-6-12-30-20)25-21(28)14-31-23-26-19-10-5-3-8-17(19)22(29)27(23)13-16-7-2-4-9-18(16)24/h2-12,15H,13-14H2,1H3,(H,25,28). The van der Waals surface area contributed by atoms with Crippen LogP contribution in [0.1, 0.15) is 23.4 Å². The molecular formula is C23H20ClN3O2S2. The van der Waals surface area contributed by atoms with Crippen LogP contribution in [0.2, 0.25) is 5.02 Å². The van der Waals surface area contributed by atoms with Gasteiger partial charge in [0, 0.05) is 9.90 Å². The third-order valence-corrected chi connectivity index (χ3v) is 7.19. The number of aromatic nitrogens is 2. The smallest absolute Gasteiger partial charge is 0.262 e. The molecule has 1 atom stereocenters. The Balaban J connectivity index is 1.60. The van der Waals surface area contributed by atoms with E-state index in [9.17, 15) is 9.59 Å². The molecule has 4 aromatic rings. The van der Waals surface area contributed by atoms with Crippen molar-refractivity contribution in [3.05, 3.63) is 91.9 Å². The number of thioether (sulfide) groups is 1. The molecular weight excluding hydrogens is 450 g/mol. The van der Waals surface area contributed by atoms with Crippen LogP contribution in [0.25, 0.3) is 10.9 Å².